The van der Waals surface area contributed by atoms with Crippen LogP contribution in [0.4, 0.5) is 0 Å². The number of nitrogens with one attached hydrogen (secondary N) is 2. The molecule has 0 aromatic heterocycles. The lowest BCUT2D eigenvalue weighted by Crippen LogP contribution is -2.69. The van der Waals surface area contributed by atoms with Crippen LogP contribution in [0, 0.1) is 5.41 Å². The van der Waals surface area contributed by atoms with Gasteiger partial charge in [0, 0.05) is 30.2 Å². The molecule has 0 spiro atoms. The van der Waals surface area contributed by atoms with Crippen LogP contribution in [0.2, 0.25) is 0 Å². The molecule has 2 fully saturated rings. The molecule has 2 N–H and O–H groups in total. The number of amides is 1. The van der Waals surface area contributed by atoms with E-state index in [0.717, 1.165) is 18.1 Å². The summed E-state index contributed by atoms with van der Waals surface area (Å²) in [5.41, 5.74) is -0.133. The first kappa shape index (κ1) is 13.2. The van der Waals surface area contributed by atoms with Crippen molar-refractivity contribution in [3.63, 3.8) is 0 Å². The zero-order valence-electron chi connectivity index (χ0n) is 11.0. The molecule has 2 aliphatic rings. The average molecular weight is 258 g/mol. The van der Waals surface area contributed by atoms with Crippen LogP contribution >= 0.6 is 11.8 Å². The maximum atomic E-state index is 12.0. The SMILES string of the molecule is CO[C@]1(C)C[C@@H](NC(=O)[C@@H]2CSCN2)C1(C)C. The highest BCUT2D eigenvalue weighted by atomic mass is 32.2. The Bertz CT molecular complexity index is 316. The molecule has 0 radical (unpaired) electrons. The standard InChI is InChI=1S/C12H22N2O2S/c1-11(2)9(5-12(11,3)16-4)14-10(15)8-6-17-7-13-8/h8-9,13H,5-7H2,1-4H3,(H,14,15)/t8-,9+,12+/m0/s1. The van der Waals surface area contributed by atoms with Gasteiger partial charge in [-0.05, 0) is 13.3 Å². The van der Waals surface area contributed by atoms with E-state index in [2.05, 4.69) is 31.4 Å². The first-order valence-electron chi connectivity index (χ1n) is 6.07. The Morgan fingerprint density at radius 2 is 2.18 bits per heavy atom. The number of thioether (sulfide) groups is 1. The third kappa shape index (κ3) is 2.09. The van der Waals surface area contributed by atoms with Crippen LogP contribution in [0.5, 0.6) is 0 Å². The molecule has 1 saturated carbocycles. The first-order valence-corrected chi connectivity index (χ1v) is 7.23. The second kappa shape index (κ2) is 4.44. The second-order valence-electron chi connectivity index (χ2n) is 5.69. The fraction of sp³-hybridized carbons (Fsp3) is 0.917. The molecule has 1 heterocycles. The van der Waals surface area contributed by atoms with Gasteiger partial charge in [-0.3, -0.25) is 10.1 Å². The molecule has 2 rings (SSSR count). The van der Waals surface area contributed by atoms with Gasteiger partial charge >= 0.3 is 0 Å². The summed E-state index contributed by atoms with van der Waals surface area (Å²) in [7, 11) is 1.74. The van der Waals surface area contributed by atoms with Gasteiger partial charge in [0.05, 0.1) is 11.6 Å². The van der Waals surface area contributed by atoms with Gasteiger partial charge in [0.15, 0.2) is 0 Å². The predicted molar refractivity (Wildman–Crippen MR) is 70.0 cm³/mol. The molecule has 17 heavy (non-hydrogen) atoms. The summed E-state index contributed by atoms with van der Waals surface area (Å²) in [5, 5.41) is 6.33. The number of hydrogen-bond acceptors (Lipinski definition) is 4. The normalized spacial score (nSPS) is 39.8. The zero-order chi connectivity index (χ0) is 12.7. The van der Waals surface area contributed by atoms with Crippen LogP contribution in [0.1, 0.15) is 27.2 Å². The topological polar surface area (TPSA) is 50.4 Å². The van der Waals surface area contributed by atoms with Gasteiger partial charge in [-0.15, -0.1) is 11.8 Å². The lowest BCUT2D eigenvalue weighted by atomic mass is 9.56. The molecule has 0 bridgehead atoms. The Morgan fingerprint density at radius 3 is 2.65 bits per heavy atom. The van der Waals surface area contributed by atoms with E-state index < -0.39 is 0 Å². The quantitative estimate of drug-likeness (QED) is 0.792. The van der Waals surface area contributed by atoms with E-state index >= 15 is 0 Å². The molecule has 0 aromatic carbocycles. The maximum absolute atomic E-state index is 12.0. The van der Waals surface area contributed by atoms with E-state index in [9.17, 15) is 4.79 Å². The molecule has 1 aliphatic heterocycles. The van der Waals surface area contributed by atoms with Crippen LogP contribution in [0.3, 0.4) is 0 Å². The Kier molecular flexibility index (Phi) is 3.45. The van der Waals surface area contributed by atoms with Crippen molar-refractivity contribution in [2.75, 3.05) is 18.7 Å². The Labute approximate surface area is 107 Å². The number of carbonyl (C=O) groups is 1. The third-order valence-corrected chi connectivity index (χ3v) is 5.57. The van der Waals surface area contributed by atoms with Crippen LogP contribution in [-0.2, 0) is 9.53 Å². The van der Waals surface area contributed by atoms with Crippen molar-refractivity contribution < 1.29 is 9.53 Å². The Morgan fingerprint density at radius 1 is 1.47 bits per heavy atom. The summed E-state index contributed by atoms with van der Waals surface area (Å²) < 4.78 is 5.56. The van der Waals surface area contributed by atoms with Gasteiger partial charge in [0.25, 0.3) is 0 Å². The summed E-state index contributed by atoms with van der Waals surface area (Å²) in [4.78, 5) is 12.0. The molecule has 3 atom stereocenters. The summed E-state index contributed by atoms with van der Waals surface area (Å²) in [6, 6.07) is 0.192. The minimum Gasteiger partial charge on any atom is -0.378 e. The molecule has 98 valence electrons. The Balaban J connectivity index is 1.91. The highest BCUT2D eigenvalue weighted by Crippen LogP contribution is 2.51. The van der Waals surface area contributed by atoms with Crippen molar-refractivity contribution in [3.8, 4) is 0 Å². The van der Waals surface area contributed by atoms with Gasteiger partial charge in [-0.2, -0.15) is 0 Å². The molecule has 4 nitrogen and oxygen atoms in total. The number of rotatable bonds is 3. The van der Waals surface area contributed by atoms with Crippen LogP contribution in [-0.4, -0.2) is 42.3 Å². The third-order valence-electron chi connectivity index (χ3n) is 4.63. The van der Waals surface area contributed by atoms with Crippen LogP contribution in [0.25, 0.3) is 0 Å². The number of hydrogen-bond donors (Lipinski definition) is 2. The molecule has 0 unspecified atom stereocenters. The van der Waals surface area contributed by atoms with Gasteiger partial charge in [0.1, 0.15) is 0 Å². The first-order chi connectivity index (χ1) is 7.90. The van der Waals surface area contributed by atoms with Crippen LogP contribution < -0.4 is 10.6 Å². The van der Waals surface area contributed by atoms with Crippen molar-refractivity contribution in [2.45, 2.75) is 44.9 Å². The highest BCUT2D eigenvalue weighted by Gasteiger charge is 2.58. The fourth-order valence-electron chi connectivity index (χ4n) is 2.56. The smallest absolute Gasteiger partial charge is 0.238 e. The summed E-state index contributed by atoms with van der Waals surface area (Å²) >= 11 is 1.77. The van der Waals surface area contributed by atoms with Gasteiger partial charge in [0.2, 0.25) is 5.91 Å². The molecule has 0 aromatic rings. The van der Waals surface area contributed by atoms with Crippen molar-refractivity contribution in [1.82, 2.24) is 10.6 Å². The Hall–Kier alpha value is -0.260. The predicted octanol–water partition coefficient (Wildman–Crippen LogP) is 0.969. The van der Waals surface area contributed by atoms with Crippen molar-refractivity contribution >= 4 is 17.7 Å². The van der Waals surface area contributed by atoms with Gasteiger partial charge in [-0.1, -0.05) is 13.8 Å². The van der Waals surface area contributed by atoms with Gasteiger partial charge < -0.3 is 10.1 Å². The zero-order valence-corrected chi connectivity index (χ0v) is 11.8. The molecule has 1 saturated heterocycles. The number of methoxy groups -OCH3 is 1. The lowest BCUT2D eigenvalue weighted by Gasteiger charge is -2.59. The van der Waals surface area contributed by atoms with E-state index in [0.29, 0.717) is 0 Å². The minimum atomic E-state index is -0.122. The molecular weight excluding hydrogens is 236 g/mol. The summed E-state index contributed by atoms with van der Waals surface area (Å²) in [6.07, 6.45) is 0.891. The van der Waals surface area contributed by atoms with E-state index in [1.807, 2.05) is 0 Å². The van der Waals surface area contributed by atoms with E-state index in [-0.39, 0.29) is 29.0 Å². The minimum absolute atomic E-state index is 0.0108. The largest absolute Gasteiger partial charge is 0.378 e. The van der Waals surface area contributed by atoms with E-state index in [1.54, 1.807) is 18.9 Å². The molecule has 1 aliphatic carbocycles. The summed E-state index contributed by atoms with van der Waals surface area (Å²) in [6.45, 7) is 6.42. The van der Waals surface area contributed by atoms with E-state index in [4.69, 9.17) is 4.74 Å². The monoisotopic (exact) mass is 258 g/mol. The number of carbonyl (C=O) groups excluding carboxylic acids is 1. The second-order valence-corrected chi connectivity index (χ2v) is 6.72. The van der Waals surface area contributed by atoms with Crippen LogP contribution in [0.15, 0.2) is 0 Å². The molecule has 1 amide bonds. The van der Waals surface area contributed by atoms with E-state index in [1.165, 1.54) is 0 Å². The van der Waals surface area contributed by atoms with Crippen molar-refractivity contribution in [1.29, 1.82) is 0 Å². The number of ether oxygens (including phenoxy) is 1. The fourth-order valence-corrected chi connectivity index (χ4v) is 3.50. The molecule has 5 heteroatoms. The lowest BCUT2D eigenvalue weighted by molar-refractivity contribution is -0.182. The highest BCUT2D eigenvalue weighted by molar-refractivity contribution is 7.99. The maximum Gasteiger partial charge on any atom is 0.238 e. The average Bonchev–Trinajstić information content (AvgIpc) is 2.81. The van der Waals surface area contributed by atoms with Crippen molar-refractivity contribution in [2.24, 2.45) is 5.41 Å². The van der Waals surface area contributed by atoms with Gasteiger partial charge in [-0.25, -0.2) is 0 Å². The molecular formula is C12H22N2O2S. The van der Waals surface area contributed by atoms with Crippen molar-refractivity contribution in [3.05, 3.63) is 0 Å². The summed E-state index contributed by atoms with van der Waals surface area (Å²) in [5.74, 6) is 1.88.